The van der Waals surface area contributed by atoms with E-state index in [4.69, 9.17) is 0 Å². The van der Waals surface area contributed by atoms with Crippen LogP contribution in [0.2, 0.25) is 0 Å². The Kier molecular flexibility index (Phi) is 19.4. The standard InChI is InChI=1S/C27H48N.HI/c1-4-7-10-16-23-28(24-17-11-8-5-2,25-18-12-9-6-3)26-19-22-27-20-14-13-15-21-27;/h13-15,19-22H,4-12,16-18,23-26H2,1-3H3;1H/q+1;/p-1/b22-19+;. The SMILES string of the molecule is CCCCCC[N+](C/C=C/c1ccccc1)(CCCCCC)CCCCCC.[I-]. The molecule has 0 atom stereocenters. The van der Waals surface area contributed by atoms with Gasteiger partial charge in [-0.3, -0.25) is 0 Å². The first-order chi connectivity index (χ1) is 13.8. The number of quaternary nitrogens is 1. The van der Waals surface area contributed by atoms with E-state index in [0.717, 1.165) is 0 Å². The summed E-state index contributed by atoms with van der Waals surface area (Å²) in [4.78, 5) is 0. The molecule has 0 aliphatic heterocycles. The summed E-state index contributed by atoms with van der Waals surface area (Å²) >= 11 is 0. The molecule has 0 saturated carbocycles. The lowest BCUT2D eigenvalue weighted by atomic mass is 10.1. The van der Waals surface area contributed by atoms with Crippen LogP contribution >= 0.6 is 0 Å². The lowest BCUT2D eigenvalue weighted by molar-refractivity contribution is -0.923. The van der Waals surface area contributed by atoms with E-state index in [1.165, 1.54) is 113 Å². The summed E-state index contributed by atoms with van der Waals surface area (Å²) in [6.07, 6.45) is 21.4. The predicted octanol–water partition coefficient (Wildman–Crippen LogP) is 5.26. The zero-order valence-electron chi connectivity index (χ0n) is 19.7. The molecular formula is C27H48IN. The minimum Gasteiger partial charge on any atom is -1.00 e. The van der Waals surface area contributed by atoms with Crippen molar-refractivity contribution in [2.45, 2.75) is 97.8 Å². The minimum atomic E-state index is 0. The number of hydrogen-bond donors (Lipinski definition) is 0. The summed E-state index contributed by atoms with van der Waals surface area (Å²) in [5.74, 6) is 0. The van der Waals surface area contributed by atoms with Crippen molar-refractivity contribution in [1.82, 2.24) is 0 Å². The van der Waals surface area contributed by atoms with E-state index in [-0.39, 0.29) is 24.0 Å². The third-order valence-electron chi connectivity index (χ3n) is 6.06. The molecule has 0 saturated heterocycles. The Hall–Kier alpha value is -0.350. The van der Waals surface area contributed by atoms with Gasteiger partial charge in [0.1, 0.15) is 0 Å². The van der Waals surface area contributed by atoms with E-state index in [9.17, 15) is 0 Å². The second-order valence-corrected chi connectivity index (χ2v) is 8.69. The Morgan fingerprint density at radius 3 is 1.48 bits per heavy atom. The summed E-state index contributed by atoms with van der Waals surface area (Å²) in [5, 5.41) is 0. The number of hydrogen-bond acceptors (Lipinski definition) is 0. The Labute approximate surface area is 200 Å². The number of benzene rings is 1. The van der Waals surface area contributed by atoms with E-state index in [1.807, 2.05) is 0 Å². The molecule has 0 spiro atoms. The maximum atomic E-state index is 2.47. The second kappa shape index (κ2) is 19.6. The molecule has 0 fully saturated rings. The molecule has 0 N–H and O–H groups in total. The largest absolute Gasteiger partial charge is 1.00 e. The van der Waals surface area contributed by atoms with Crippen molar-refractivity contribution in [2.75, 3.05) is 26.2 Å². The summed E-state index contributed by atoms with van der Waals surface area (Å²) in [7, 11) is 0. The van der Waals surface area contributed by atoms with Crippen LogP contribution in [0.5, 0.6) is 0 Å². The average Bonchev–Trinajstić information content (AvgIpc) is 2.72. The lowest BCUT2D eigenvalue weighted by Gasteiger charge is -2.38. The van der Waals surface area contributed by atoms with Gasteiger partial charge in [-0.05, 0) is 50.2 Å². The van der Waals surface area contributed by atoms with E-state index in [1.54, 1.807) is 0 Å². The molecule has 0 unspecified atom stereocenters. The highest BCUT2D eigenvalue weighted by Gasteiger charge is 2.24. The van der Waals surface area contributed by atoms with Crippen LogP contribution in [0, 0.1) is 0 Å². The molecule has 1 rings (SSSR count). The van der Waals surface area contributed by atoms with Gasteiger partial charge in [0.15, 0.2) is 0 Å². The molecule has 0 heterocycles. The highest BCUT2D eigenvalue weighted by Crippen LogP contribution is 2.18. The lowest BCUT2D eigenvalue weighted by Crippen LogP contribution is -3.00. The van der Waals surface area contributed by atoms with Crippen LogP contribution in [-0.4, -0.2) is 30.7 Å². The summed E-state index contributed by atoms with van der Waals surface area (Å²) in [6.45, 7) is 12.3. The van der Waals surface area contributed by atoms with E-state index in [0.29, 0.717) is 0 Å². The smallest absolute Gasteiger partial charge is 0.0977 e. The summed E-state index contributed by atoms with van der Waals surface area (Å²) < 4.78 is 1.32. The third kappa shape index (κ3) is 14.3. The van der Waals surface area contributed by atoms with Crippen molar-refractivity contribution in [3.63, 3.8) is 0 Å². The van der Waals surface area contributed by atoms with E-state index < -0.39 is 0 Å². The third-order valence-corrected chi connectivity index (χ3v) is 6.06. The first-order valence-electron chi connectivity index (χ1n) is 12.3. The van der Waals surface area contributed by atoms with Gasteiger partial charge in [0, 0.05) is 0 Å². The predicted molar refractivity (Wildman–Crippen MR) is 128 cm³/mol. The fraction of sp³-hybridized carbons (Fsp3) is 0.704. The van der Waals surface area contributed by atoms with Crippen molar-refractivity contribution in [3.05, 3.63) is 42.0 Å². The fourth-order valence-electron chi connectivity index (χ4n) is 4.21. The Morgan fingerprint density at radius 2 is 1.07 bits per heavy atom. The number of nitrogens with zero attached hydrogens (tertiary/aromatic N) is 1. The van der Waals surface area contributed by atoms with Gasteiger partial charge in [-0.15, -0.1) is 0 Å². The second-order valence-electron chi connectivity index (χ2n) is 8.69. The van der Waals surface area contributed by atoms with Gasteiger partial charge in [0.25, 0.3) is 0 Å². The van der Waals surface area contributed by atoms with Crippen LogP contribution in [0.1, 0.15) is 103 Å². The van der Waals surface area contributed by atoms with Gasteiger partial charge >= 0.3 is 0 Å². The van der Waals surface area contributed by atoms with Crippen LogP contribution < -0.4 is 24.0 Å². The van der Waals surface area contributed by atoms with Crippen molar-refractivity contribution in [2.24, 2.45) is 0 Å². The maximum Gasteiger partial charge on any atom is 0.0977 e. The fourth-order valence-corrected chi connectivity index (χ4v) is 4.21. The highest BCUT2D eigenvalue weighted by atomic mass is 127. The molecule has 1 aromatic carbocycles. The first kappa shape index (κ1) is 28.6. The van der Waals surface area contributed by atoms with Gasteiger partial charge in [0.2, 0.25) is 0 Å². The van der Waals surface area contributed by atoms with Crippen LogP contribution in [0.15, 0.2) is 36.4 Å². The highest BCUT2D eigenvalue weighted by molar-refractivity contribution is 5.48. The Balaban J connectivity index is 0.00000784. The van der Waals surface area contributed by atoms with E-state index >= 15 is 0 Å². The molecular weight excluding hydrogens is 465 g/mol. The molecule has 0 aromatic heterocycles. The molecule has 168 valence electrons. The van der Waals surface area contributed by atoms with Gasteiger partial charge in [0.05, 0.1) is 26.2 Å². The molecule has 0 bridgehead atoms. The van der Waals surface area contributed by atoms with Crippen molar-refractivity contribution >= 4 is 6.08 Å². The van der Waals surface area contributed by atoms with Crippen LogP contribution in [0.25, 0.3) is 6.08 Å². The minimum absolute atomic E-state index is 0. The monoisotopic (exact) mass is 513 g/mol. The molecule has 1 nitrogen and oxygen atoms in total. The molecule has 0 aliphatic carbocycles. The van der Waals surface area contributed by atoms with Crippen LogP contribution in [0.3, 0.4) is 0 Å². The van der Waals surface area contributed by atoms with Crippen LogP contribution in [-0.2, 0) is 0 Å². The Morgan fingerprint density at radius 1 is 0.621 bits per heavy atom. The van der Waals surface area contributed by atoms with Gasteiger partial charge < -0.3 is 28.5 Å². The molecule has 2 heteroatoms. The summed E-state index contributed by atoms with van der Waals surface area (Å²) in [5.41, 5.74) is 1.34. The summed E-state index contributed by atoms with van der Waals surface area (Å²) in [6, 6.07) is 10.8. The number of unbranched alkanes of at least 4 members (excludes halogenated alkanes) is 9. The van der Waals surface area contributed by atoms with Gasteiger partial charge in [-0.2, -0.15) is 0 Å². The van der Waals surface area contributed by atoms with Crippen molar-refractivity contribution in [3.8, 4) is 0 Å². The molecule has 0 radical (unpaired) electrons. The van der Waals surface area contributed by atoms with Crippen molar-refractivity contribution in [1.29, 1.82) is 0 Å². The zero-order chi connectivity index (χ0) is 20.3. The number of halogens is 1. The zero-order valence-corrected chi connectivity index (χ0v) is 21.8. The molecule has 0 amide bonds. The van der Waals surface area contributed by atoms with Gasteiger partial charge in [-0.25, -0.2) is 0 Å². The normalized spacial score (nSPS) is 11.7. The average molecular weight is 514 g/mol. The van der Waals surface area contributed by atoms with Crippen molar-refractivity contribution < 1.29 is 28.5 Å². The topological polar surface area (TPSA) is 0 Å². The van der Waals surface area contributed by atoms with Gasteiger partial charge in [-0.1, -0.05) is 95.7 Å². The number of rotatable bonds is 18. The molecule has 0 aliphatic rings. The maximum absolute atomic E-state index is 2.47. The Bertz CT molecular complexity index is 451. The molecule has 29 heavy (non-hydrogen) atoms. The van der Waals surface area contributed by atoms with E-state index in [2.05, 4.69) is 63.3 Å². The van der Waals surface area contributed by atoms with Crippen LogP contribution in [0.4, 0.5) is 0 Å². The first-order valence-corrected chi connectivity index (χ1v) is 12.3. The molecule has 1 aromatic rings. The quantitative estimate of drug-likeness (QED) is 0.143.